The van der Waals surface area contributed by atoms with Crippen LogP contribution in [0.5, 0.6) is 0 Å². The van der Waals surface area contributed by atoms with Crippen LogP contribution in [0.2, 0.25) is 0 Å². The lowest BCUT2D eigenvalue weighted by atomic mass is 9.94. The van der Waals surface area contributed by atoms with E-state index in [0.29, 0.717) is 6.42 Å². The Morgan fingerprint density at radius 1 is 1.22 bits per heavy atom. The smallest absolute Gasteiger partial charge is 0.322 e. The molecule has 18 heavy (non-hydrogen) atoms. The Balaban J connectivity index is 4.62. The number of nitrogens with one attached hydrogen (secondary N) is 1. The van der Waals surface area contributed by atoms with Crippen molar-refractivity contribution in [2.24, 2.45) is 5.41 Å². The van der Waals surface area contributed by atoms with Crippen molar-refractivity contribution >= 4 is 22.0 Å². The SMILES string of the molecule is CC(C)(C)CCS(=O)(=O)N[C@@H](CC(=O)O)C(=O)O. The van der Waals surface area contributed by atoms with E-state index in [-0.39, 0.29) is 11.2 Å². The van der Waals surface area contributed by atoms with Crippen molar-refractivity contribution in [3.05, 3.63) is 0 Å². The van der Waals surface area contributed by atoms with Crippen molar-refractivity contribution in [1.82, 2.24) is 4.72 Å². The van der Waals surface area contributed by atoms with Crippen molar-refractivity contribution in [2.75, 3.05) is 5.75 Å². The molecule has 0 aromatic carbocycles. The molecule has 1 atom stereocenters. The molecule has 0 saturated heterocycles. The van der Waals surface area contributed by atoms with Gasteiger partial charge in [-0.05, 0) is 11.8 Å². The first-order chi connectivity index (χ1) is 7.93. The Labute approximate surface area is 106 Å². The maximum Gasteiger partial charge on any atom is 0.322 e. The third-order valence-electron chi connectivity index (χ3n) is 2.12. The lowest BCUT2D eigenvalue weighted by Gasteiger charge is -2.19. The average molecular weight is 281 g/mol. The van der Waals surface area contributed by atoms with Gasteiger partial charge in [-0.15, -0.1) is 0 Å². The molecule has 0 unspecified atom stereocenters. The summed E-state index contributed by atoms with van der Waals surface area (Å²) >= 11 is 0. The summed E-state index contributed by atoms with van der Waals surface area (Å²) in [5.74, 6) is -3.11. The largest absolute Gasteiger partial charge is 0.481 e. The molecule has 0 amide bonds. The maximum atomic E-state index is 11.6. The van der Waals surface area contributed by atoms with Gasteiger partial charge in [-0.1, -0.05) is 20.8 Å². The van der Waals surface area contributed by atoms with Crippen LogP contribution >= 0.6 is 0 Å². The van der Waals surface area contributed by atoms with E-state index in [0.717, 1.165) is 0 Å². The van der Waals surface area contributed by atoms with E-state index in [2.05, 4.69) is 0 Å². The molecule has 0 radical (unpaired) electrons. The van der Waals surface area contributed by atoms with Crippen molar-refractivity contribution in [3.8, 4) is 0 Å². The number of carboxylic acid groups (broad SMARTS) is 2. The van der Waals surface area contributed by atoms with Crippen LogP contribution in [0.4, 0.5) is 0 Å². The lowest BCUT2D eigenvalue weighted by molar-refractivity contribution is -0.145. The second kappa shape index (κ2) is 6.14. The fourth-order valence-corrected chi connectivity index (χ4v) is 2.69. The van der Waals surface area contributed by atoms with Crippen LogP contribution in [-0.2, 0) is 19.6 Å². The molecule has 0 aromatic rings. The van der Waals surface area contributed by atoms with Gasteiger partial charge in [0, 0.05) is 0 Å². The highest BCUT2D eigenvalue weighted by atomic mass is 32.2. The van der Waals surface area contributed by atoms with E-state index in [1.165, 1.54) is 0 Å². The van der Waals surface area contributed by atoms with Gasteiger partial charge in [0.05, 0.1) is 12.2 Å². The summed E-state index contributed by atoms with van der Waals surface area (Å²) in [7, 11) is -3.80. The van der Waals surface area contributed by atoms with E-state index in [1.54, 1.807) is 0 Å². The molecule has 8 heteroatoms. The Kier molecular flexibility index (Phi) is 5.75. The second-order valence-corrected chi connectivity index (χ2v) is 7.11. The number of rotatable bonds is 7. The van der Waals surface area contributed by atoms with Gasteiger partial charge in [0.2, 0.25) is 10.0 Å². The van der Waals surface area contributed by atoms with Crippen LogP contribution < -0.4 is 4.72 Å². The molecule has 0 bridgehead atoms. The Morgan fingerprint density at radius 2 is 1.72 bits per heavy atom. The van der Waals surface area contributed by atoms with E-state index in [4.69, 9.17) is 10.2 Å². The first-order valence-corrected chi connectivity index (χ1v) is 7.03. The first kappa shape index (κ1) is 16.9. The van der Waals surface area contributed by atoms with Crippen molar-refractivity contribution in [2.45, 2.75) is 39.7 Å². The molecule has 0 saturated carbocycles. The third kappa shape index (κ3) is 8.02. The van der Waals surface area contributed by atoms with Crippen molar-refractivity contribution < 1.29 is 28.2 Å². The molecule has 3 N–H and O–H groups in total. The van der Waals surface area contributed by atoms with E-state index in [9.17, 15) is 18.0 Å². The molecule has 0 spiro atoms. The number of aliphatic carboxylic acids is 2. The summed E-state index contributed by atoms with van der Waals surface area (Å²) < 4.78 is 25.1. The quantitative estimate of drug-likeness (QED) is 0.616. The third-order valence-corrected chi connectivity index (χ3v) is 3.50. The fraction of sp³-hybridized carbons (Fsp3) is 0.800. The summed E-state index contributed by atoms with van der Waals surface area (Å²) in [5.41, 5.74) is -0.208. The van der Waals surface area contributed by atoms with E-state index < -0.39 is 34.4 Å². The normalized spacial score (nSPS) is 14.2. The fourth-order valence-electron chi connectivity index (χ4n) is 1.07. The summed E-state index contributed by atoms with van der Waals surface area (Å²) in [6.07, 6.45) is -0.439. The van der Waals surface area contributed by atoms with Gasteiger partial charge in [0.25, 0.3) is 0 Å². The van der Waals surface area contributed by atoms with E-state index in [1.807, 2.05) is 25.5 Å². The molecule has 106 valence electrons. The number of hydrogen-bond donors (Lipinski definition) is 3. The molecule has 0 aromatic heterocycles. The predicted molar refractivity (Wildman–Crippen MR) is 64.7 cm³/mol. The maximum absolute atomic E-state index is 11.6. The van der Waals surface area contributed by atoms with Crippen molar-refractivity contribution in [1.29, 1.82) is 0 Å². The Morgan fingerprint density at radius 3 is 2.06 bits per heavy atom. The molecular weight excluding hydrogens is 262 g/mol. The zero-order valence-electron chi connectivity index (χ0n) is 10.6. The number of carboxylic acids is 2. The summed E-state index contributed by atoms with van der Waals surface area (Å²) in [4.78, 5) is 21.1. The first-order valence-electron chi connectivity index (χ1n) is 5.37. The predicted octanol–water partition coefficient (Wildman–Crippen LogP) is 0.270. The topological polar surface area (TPSA) is 121 Å². The molecule has 0 heterocycles. The van der Waals surface area contributed by atoms with Gasteiger partial charge in [-0.25, -0.2) is 13.1 Å². The molecule has 0 rings (SSSR count). The van der Waals surface area contributed by atoms with Crippen LogP contribution in [0, 0.1) is 5.41 Å². The zero-order valence-corrected chi connectivity index (χ0v) is 11.5. The van der Waals surface area contributed by atoms with Gasteiger partial charge < -0.3 is 10.2 Å². The monoisotopic (exact) mass is 281 g/mol. The van der Waals surface area contributed by atoms with Gasteiger partial charge >= 0.3 is 11.9 Å². The van der Waals surface area contributed by atoms with Gasteiger partial charge in [-0.3, -0.25) is 9.59 Å². The van der Waals surface area contributed by atoms with Crippen LogP contribution in [0.25, 0.3) is 0 Å². The van der Waals surface area contributed by atoms with Gasteiger partial charge in [0.1, 0.15) is 6.04 Å². The highest BCUT2D eigenvalue weighted by molar-refractivity contribution is 7.89. The minimum atomic E-state index is -3.80. The van der Waals surface area contributed by atoms with Crippen LogP contribution in [0.3, 0.4) is 0 Å². The minimum absolute atomic E-state index is 0.208. The van der Waals surface area contributed by atoms with Crippen LogP contribution in [0.1, 0.15) is 33.6 Å². The number of hydrogen-bond acceptors (Lipinski definition) is 4. The zero-order chi connectivity index (χ0) is 14.6. The Hall–Kier alpha value is -1.15. The van der Waals surface area contributed by atoms with Gasteiger partial charge in [0.15, 0.2) is 0 Å². The van der Waals surface area contributed by atoms with Gasteiger partial charge in [-0.2, -0.15) is 0 Å². The molecule has 7 nitrogen and oxygen atoms in total. The number of sulfonamides is 1. The molecular formula is C10H19NO6S. The van der Waals surface area contributed by atoms with Crippen LogP contribution in [-0.4, -0.2) is 42.4 Å². The van der Waals surface area contributed by atoms with Crippen LogP contribution in [0.15, 0.2) is 0 Å². The van der Waals surface area contributed by atoms with E-state index >= 15 is 0 Å². The Bertz CT molecular complexity index is 409. The number of carbonyl (C=O) groups is 2. The van der Waals surface area contributed by atoms with Crippen molar-refractivity contribution in [3.63, 3.8) is 0 Å². The summed E-state index contributed by atoms with van der Waals surface area (Å²) in [6.45, 7) is 5.57. The minimum Gasteiger partial charge on any atom is -0.481 e. The highest BCUT2D eigenvalue weighted by Crippen LogP contribution is 2.19. The highest BCUT2D eigenvalue weighted by Gasteiger charge is 2.27. The second-order valence-electron chi connectivity index (χ2n) is 5.24. The summed E-state index contributed by atoms with van der Waals surface area (Å²) in [5, 5.41) is 17.2. The standard InChI is InChI=1S/C10H19NO6S/c1-10(2,3)4-5-18(16,17)11-7(9(14)15)6-8(12)13/h7,11H,4-6H2,1-3H3,(H,12,13)(H,14,15)/t7-/m0/s1. The summed E-state index contributed by atoms with van der Waals surface area (Å²) in [6, 6.07) is -1.63. The molecule has 0 aliphatic carbocycles. The molecule has 0 aliphatic rings. The molecule has 0 fully saturated rings. The average Bonchev–Trinajstić information content (AvgIpc) is 2.11. The lowest BCUT2D eigenvalue weighted by Crippen LogP contribution is -2.43. The molecule has 0 aliphatic heterocycles.